The SMILES string of the molecule is CCCCC/C=C\C/C=C\C/C=C\C/C=C\CCCC(=O)C(C[N+](C)(C)C)(OP(=O)(O)O)C(=O)CCCCCCCCCCCCCCCCC. The van der Waals surface area contributed by atoms with Crippen LogP contribution in [-0.2, 0) is 18.7 Å². The van der Waals surface area contributed by atoms with Crippen molar-refractivity contribution in [3.8, 4) is 0 Å². The number of nitrogens with zero attached hydrogens (tertiary/aromatic N) is 1. The average Bonchev–Trinajstić information content (AvgIpc) is 3.06. The molecule has 0 aromatic carbocycles. The molecule has 0 aromatic rings. The van der Waals surface area contributed by atoms with Gasteiger partial charge in [0, 0.05) is 12.8 Å². The summed E-state index contributed by atoms with van der Waals surface area (Å²) in [7, 11) is 0.274. The van der Waals surface area contributed by atoms with Crippen molar-refractivity contribution in [1.82, 2.24) is 0 Å². The fraction of sp³-hybridized carbons (Fsp3) is 0.767. The van der Waals surface area contributed by atoms with Crippen LogP contribution < -0.4 is 0 Å². The number of ketones is 2. The standard InChI is InChI=1S/C43H78NO6P/c1-6-8-10-12-14-16-18-20-22-23-25-27-29-31-33-35-37-39-42(46)43(40-44(3,4)5,50-51(47,48)49)41(45)38-36-34-32-30-28-26-24-21-19-17-15-13-11-9-7-2/h14,16,20,22,25,27,31,33H,6-13,15,17-19,21,23-24,26,28-30,32,34-40H2,1-5H3,(H-,47,48,49)/p+1/b16-14-,22-20-,27-25-,33-31-. The van der Waals surface area contributed by atoms with Crippen LogP contribution in [0.1, 0.15) is 181 Å². The molecule has 0 fully saturated rings. The maximum absolute atomic E-state index is 13.6. The monoisotopic (exact) mass is 737 g/mol. The summed E-state index contributed by atoms with van der Waals surface area (Å²) in [4.78, 5) is 46.9. The average molecular weight is 737 g/mol. The Bertz CT molecular complexity index is 1040. The topological polar surface area (TPSA) is 101 Å². The zero-order chi connectivity index (χ0) is 38.1. The van der Waals surface area contributed by atoms with E-state index in [0.717, 1.165) is 44.9 Å². The summed E-state index contributed by atoms with van der Waals surface area (Å²) in [5, 5.41) is 0. The van der Waals surface area contributed by atoms with Gasteiger partial charge in [0.2, 0.25) is 5.60 Å². The molecule has 0 aliphatic heterocycles. The molecule has 296 valence electrons. The molecule has 0 saturated carbocycles. The van der Waals surface area contributed by atoms with Crippen LogP contribution in [0.4, 0.5) is 0 Å². The molecule has 51 heavy (non-hydrogen) atoms. The molecular formula is C43H79NO6P+. The van der Waals surface area contributed by atoms with Crippen molar-refractivity contribution in [1.29, 1.82) is 0 Å². The second kappa shape index (κ2) is 31.9. The fourth-order valence-electron chi connectivity index (χ4n) is 6.34. The van der Waals surface area contributed by atoms with Crippen molar-refractivity contribution < 1.29 is 32.9 Å². The molecule has 2 N–H and O–H groups in total. The number of phosphoric ester groups is 1. The first-order valence-corrected chi connectivity index (χ1v) is 22.1. The maximum atomic E-state index is 13.6. The highest BCUT2D eigenvalue weighted by Gasteiger charge is 2.53. The van der Waals surface area contributed by atoms with E-state index in [0.29, 0.717) is 19.3 Å². The number of allylic oxidation sites excluding steroid dienone is 8. The summed E-state index contributed by atoms with van der Waals surface area (Å²) in [5.74, 6) is -1.06. The van der Waals surface area contributed by atoms with Crippen LogP contribution in [0.3, 0.4) is 0 Å². The summed E-state index contributed by atoms with van der Waals surface area (Å²) in [5.41, 5.74) is -2.15. The van der Waals surface area contributed by atoms with Crippen LogP contribution in [0.5, 0.6) is 0 Å². The Morgan fingerprint density at radius 1 is 0.529 bits per heavy atom. The molecule has 1 unspecified atom stereocenters. The van der Waals surface area contributed by atoms with E-state index in [9.17, 15) is 23.9 Å². The van der Waals surface area contributed by atoms with E-state index in [1.807, 2.05) is 6.08 Å². The molecule has 0 rings (SSSR count). The summed E-state index contributed by atoms with van der Waals surface area (Å²) >= 11 is 0. The van der Waals surface area contributed by atoms with Crippen molar-refractivity contribution in [2.24, 2.45) is 0 Å². The molecule has 0 heterocycles. The molecule has 0 aliphatic rings. The van der Waals surface area contributed by atoms with Crippen LogP contribution in [0, 0.1) is 0 Å². The van der Waals surface area contributed by atoms with Crippen LogP contribution in [0.15, 0.2) is 48.6 Å². The van der Waals surface area contributed by atoms with Crippen molar-refractivity contribution >= 4 is 19.4 Å². The van der Waals surface area contributed by atoms with Crippen LogP contribution in [-0.4, -0.2) is 59.1 Å². The fourth-order valence-corrected chi connectivity index (χ4v) is 7.00. The normalized spacial score (nSPS) is 14.1. The lowest BCUT2D eigenvalue weighted by Crippen LogP contribution is -2.59. The summed E-state index contributed by atoms with van der Waals surface area (Å²) in [6.45, 7) is 4.35. The van der Waals surface area contributed by atoms with Crippen molar-refractivity contribution in [2.75, 3.05) is 27.7 Å². The number of carbonyl (C=O) groups excluding carboxylic acids is 2. The number of unbranched alkanes of at least 4 members (excludes halogenated alkanes) is 18. The molecule has 0 radical (unpaired) electrons. The highest BCUT2D eigenvalue weighted by Crippen LogP contribution is 2.44. The minimum atomic E-state index is -5.11. The zero-order valence-electron chi connectivity index (χ0n) is 33.6. The van der Waals surface area contributed by atoms with E-state index in [1.54, 1.807) is 21.1 Å². The third-order valence-corrected chi connectivity index (χ3v) is 9.66. The Kier molecular flexibility index (Phi) is 30.8. The molecule has 0 spiro atoms. The Labute approximate surface area is 314 Å². The molecule has 0 amide bonds. The third kappa shape index (κ3) is 30.5. The third-order valence-electron chi connectivity index (χ3n) is 9.11. The number of phosphoric acid groups is 1. The van der Waals surface area contributed by atoms with Gasteiger partial charge in [-0.05, 0) is 51.4 Å². The number of hydrogen-bond donors (Lipinski definition) is 2. The van der Waals surface area contributed by atoms with Gasteiger partial charge in [0.25, 0.3) is 0 Å². The van der Waals surface area contributed by atoms with Gasteiger partial charge in [0.1, 0.15) is 6.54 Å². The first-order chi connectivity index (χ1) is 24.4. The van der Waals surface area contributed by atoms with Gasteiger partial charge in [0.05, 0.1) is 21.1 Å². The molecule has 0 saturated heterocycles. The minimum Gasteiger partial charge on any atom is -0.328 e. The molecule has 7 nitrogen and oxygen atoms in total. The van der Waals surface area contributed by atoms with E-state index >= 15 is 0 Å². The van der Waals surface area contributed by atoms with Gasteiger partial charge in [-0.1, -0.05) is 165 Å². The van der Waals surface area contributed by atoms with Crippen molar-refractivity contribution in [3.05, 3.63) is 48.6 Å². The van der Waals surface area contributed by atoms with E-state index in [4.69, 9.17) is 4.52 Å². The van der Waals surface area contributed by atoms with Crippen LogP contribution in [0.25, 0.3) is 0 Å². The number of quaternary nitrogens is 1. The van der Waals surface area contributed by atoms with Crippen molar-refractivity contribution in [2.45, 2.75) is 186 Å². The van der Waals surface area contributed by atoms with Gasteiger partial charge in [-0.3, -0.25) is 14.1 Å². The van der Waals surface area contributed by atoms with E-state index in [1.165, 1.54) is 89.9 Å². The summed E-state index contributed by atoms with van der Waals surface area (Å²) < 4.78 is 17.5. The summed E-state index contributed by atoms with van der Waals surface area (Å²) in [6, 6.07) is 0. The van der Waals surface area contributed by atoms with Gasteiger partial charge < -0.3 is 14.3 Å². The van der Waals surface area contributed by atoms with E-state index in [2.05, 4.69) is 56.4 Å². The number of likely N-dealkylation sites (N-methyl/N-ethyl adjacent to an activating group) is 1. The smallest absolute Gasteiger partial charge is 0.328 e. The number of hydrogen-bond acceptors (Lipinski definition) is 4. The molecule has 8 heteroatoms. The van der Waals surface area contributed by atoms with Crippen molar-refractivity contribution in [3.63, 3.8) is 0 Å². The predicted molar refractivity (Wildman–Crippen MR) is 217 cm³/mol. The van der Waals surface area contributed by atoms with Gasteiger partial charge in [-0.25, -0.2) is 4.57 Å². The zero-order valence-corrected chi connectivity index (χ0v) is 34.5. The lowest BCUT2D eigenvalue weighted by molar-refractivity contribution is -0.874. The lowest BCUT2D eigenvalue weighted by atomic mass is 9.86. The maximum Gasteiger partial charge on any atom is 0.471 e. The van der Waals surface area contributed by atoms with Gasteiger partial charge in [0.15, 0.2) is 11.6 Å². The number of rotatable bonds is 36. The predicted octanol–water partition coefficient (Wildman–Crippen LogP) is 12.1. The second-order valence-electron chi connectivity index (χ2n) is 15.4. The largest absolute Gasteiger partial charge is 0.471 e. The van der Waals surface area contributed by atoms with E-state index in [-0.39, 0.29) is 23.9 Å². The molecule has 0 bridgehead atoms. The Hall–Kier alpha value is -1.63. The Balaban J connectivity index is 4.69. The Morgan fingerprint density at radius 2 is 0.863 bits per heavy atom. The van der Waals surface area contributed by atoms with Gasteiger partial charge in [-0.2, -0.15) is 0 Å². The van der Waals surface area contributed by atoms with Crippen LogP contribution >= 0.6 is 7.82 Å². The quantitative estimate of drug-likeness (QED) is 0.0218. The van der Waals surface area contributed by atoms with Gasteiger partial charge in [-0.15, -0.1) is 0 Å². The molecule has 0 aliphatic carbocycles. The van der Waals surface area contributed by atoms with Crippen LogP contribution in [0.2, 0.25) is 0 Å². The van der Waals surface area contributed by atoms with E-state index < -0.39 is 25.0 Å². The number of Topliss-reactive ketones (excluding diaryl/α,β-unsaturated/α-hetero) is 2. The Morgan fingerprint density at radius 3 is 1.25 bits per heavy atom. The highest BCUT2D eigenvalue weighted by atomic mass is 31.2. The second-order valence-corrected chi connectivity index (χ2v) is 16.5. The molecule has 0 aromatic heterocycles. The first kappa shape index (κ1) is 49.4. The molecule has 1 atom stereocenters. The minimum absolute atomic E-state index is 0.0165. The van der Waals surface area contributed by atoms with Gasteiger partial charge >= 0.3 is 7.82 Å². The molecular weight excluding hydrogens is 657 g/mol. The lowest BCUT2D eigenvalue weighted by Gasteiger charge is -2.37. The first-order valence-electron chi connectivity index (χ1n) is 20.6. The number of carbonyl (C=O) groups is 2. The highest BCUT2D eigenvalue weighted by molar-refractivity contribution is 7.46. The summed E-state index contributed by atoms with van der Waals surface area (Å²) in [6.07, 6.45) is 44.1.